The predicted octanol–water partition coefficient (Wildman–Crippen LogP) is 0.392. The summed E-state index contributed by atoms with van der Waals surface area (Å²) in [7, 11) is 0. The molecule has 2 heterocycles. The van der Waals surface area contributed by atoms with E-state index in [1.54, 1.807) is 23.1 Å². The lowest BCUT2D eigenvalue weighted by Crippen LogP contribution is -2.48. The van der Waals surface area contributed by atoms with Gasteiger partial charge in [0, 0.05) is 18.7 Å². The monoisotopic (exact) mass is 306 g/mol. The van der Waals surface area contributed by atoms with Gasteiger partial charge in [0.05, 0.1) is 19.3 Å². The van der Waals surface area contributed by atoms with Crippen LogP contribution >= 0.6 is 0 Å². The van der Waals surface area contributed by atoms with Crippen molar-refractivity contribution >= 4 is 11.8 Å². The highest BCUT2D eigenvalue weighted by Crippen LogP contribution is 2.32. The summed E-state index contributed by atoms with van der Waals surface area (Å²) in [6, 6.07) is 4.94. The fraction of sp³-hybridized carbons (Fsp3) is 0.467. The Hall–Kier alpha value is -2.28. The highest BCUT2D eigenvalue weighted by Gasteiger charge is 2.22. The number of carbonyl (C=O) groups excluding carboxylic acids is 2. The Kier molecular flexibility index (Phi) is 4.15. The third-order valence-corrected chi connectivity index (χ3v) is 3.63. The van der Waals surface area contributed by atoms with Gasteiger partial charge in [0.1, 0.15) is 0 Å². The van der Waals surface area contributed by atoms with Crippen molar-refractivity contribution in [2.45, 2.75) is 13.0 Å². The van der Waals surface area contributed by atoms with Crippen molar-refractivity contribution in [3.05, 3.63) is 23.8 Å². The van der Waals surface area contributed by atoms with Gasteiger partial charge < -0.3 is 24.4 Å². The van der Waals surface area contributed by atoms with Crippen molar-refractivity contribution in [1.29, 1.82) is 0 Å². The van der Waals surface area contributed by atoms with E-state index in [0.29, 0.717) is 36.8 Å². The van der Waals surface area contributed by atoms with Crippen LogP contribution in [0.15, 0.2) is 18.2 Å². The number of hydrogen-bond acceptors (Lipinski definition) is 5. The van der Waals surface area contributed by atoms with Crippen molar-refractivity contribution in [1.82, 2.24) is 10.2 Å². The Morgan fingerprint density at radius 3 is 2.95 bits per heavy atom. The van der Waals surface area contributed by atoms with Crippen LogP contribution in [0.25, 0.3) is 0 Å². The average Bonchev–Trinajstić information content (AvgIpc) is 2.99. The third-order valence-electron chi connectivity index (χ3n) is 3.63. The van der Waals surface area contributed by atoms with E-state index >= 15 is 0 Å². The second-order valence-corrected chi connectivity index (χ2v) is 5.27. The number of ether oxygens (including phenoxy) is 3. The molecule has 118 valence electrons. The minimum absolute atomic E-state index is 0.0278. The first-order valence-electron chi connectivity index (χ1n) is 7.21. The van der Waals surface area contributed by atoms with Gasteiger partial charge in [-0.2, -0.15) is 0 Å². The fourth-order valence-corrected chi connectivity index (χ4v) is 2.45. The van der Waals surface area contributed by atoms with E-state index in [0.717, 1.165) is 0 Å². The zero-order valence-electron chi connectivity index (χ0n) is 12.3. The highest BCUT2D eigenvalue weighted by atomic mass is 16.7. The summed E-state index contributed by atoms with van der Waals surface area (Å²) in [5.74, 6) is 0.744. The Morgan fingerprint density at radius 2 is 2.14 bits per heavy atom. The number of morpholine rings is 1. The number of carbonyl (C=O) groups is 2. The van der Waals surface area contributed by atoms with Crippen LogP contribution in [-0.4, -0.2) is 55.9 Å². The van der Waals surface area contributed by atoms with E-state index in [1.165, 1.54) is 0 Å². The standard InChI is InChI=1S/C15H18N2O5/c1-10-8-17(4-5-20-10)14(18)7-16-15(19)11-2-3-12-13(6-11)22-9-21-12/h2-3,6,10H,4-5,7-9H2,1H3,(H,16,19)/t10-/m0/s1. The molecule has 0 bridgehead atoms. The summed E-state index contributed by atoms with van der Waals surface area (Å²) in [5, 5.41) is 2.63. The number of amides is 2. The van der Waals surface area contributed by atoms with Crippen LogP contribution in [0, 0.1) is 0 Å². The molecule has 1 N–H and O–H groups in total. The van der Waals surface area contributed by atoms with Crippen molar-refractivity contribution in [2.24, 2.45) is 0 Å². The van der Waals surface area contributed by atoms with Crippen LogP contribution in [0.3, 0.4) is 0 Å². The molecule has 0 aliphatic carbocycles. The quantitative estimate of drug-likeness (QED) is 0.874. The molecule has 22 heavy (non-hydrogen) atoms. The van der Waals surface area contributed by atoms with E-state index in [1.807, 2.05) is 6.92 Å². The van der Waals surface area contributed by atoms with Crippen molar-refractivity contribution in [3.8, 4) is 11.5 Å². The lowest BCUT2D eigenvalue weighted by Gasteiger charge is -2.31. The summed E-state index contributed by atoms with van der Waals surface area (Å²) in [6.45, 7) is 3.70. The number of nitrogens with zero attached hydrogens (tertiary/aromatic N) is 1. The zero-order chi connectivity index (χ0) is 15.5. The number of nitrogens with one attached hydrogen (secondary N) is 1. The van der Waals surface area contributed by atoms with Gasteiger partial charge in [-0.15, -0.1) is 0 Å². The molecular formula is C15H18N2O5. The number of hydrogen-bond donors (Lipinski definition) is 1. The van der Waals surface area contributed by atoms with Gasteiger partial charge in [-0.3, -0.25) is 9.59 Å². The molecule has 1 atom stereocenters. The molecular weight excluding hydrogens is 288 g/mol. The average molecular weight is 306 g/mol. The van der Waals surface area contributed by atoms with E-state index < -0.39 is 0 Å². The molecule has 2 aliphatic heterocycles. The summed E-state index contributed by atoms with van der Waals surface area (Å²) in [4.78, 5) is 25.9. The Bertz CT molecular complexity index is 589. The number of fused-ring (bicyclic) bond motifs is 1. The number of rotatable bonds is 3. The molecule has 0 unspecified atom stereocenters. The molecule has 2 amide bonds. The molecule has 0 aromatic heterocycles. The molecule has 7 heteroatoms. The van der Waals surface area contributed by atoms with Gasteiger partial charge in [0.25, 0.3) is 5.91 Å². The van der Waals surface area contributed by atoms with Gasteiger partial charge >= 0.3 is 0 Å². The molecule has 0 saturated carbocycles. The fourth-order valence-electron chi connectivity index (χ4n) is 2.45. The molecule has 1 fully saturated rings. The molecule has 0 spiro atoms. The maximum Gasteiger partial charge on any atom is 0.251 e. The maximum atomic E-state index is 12.1. The predicted molar refractivity (Wildman–Crippen MR) is 76.9 cm³/mol. The largest absolute Gasteiger partial charge is 0.454 e. The SMILES string of the molecule is C[C@H]1CN(C(=O)CNC(=O)c2ccc3c(c2)OCO3)CCO1. The lowest BCUT2D eigenvalue weighted by molar-refractivity contribution is -0.137. The topological polar surface area (TPSA) is 77.1 Å². The van der Waals surface area contributed by atoms with E-state index in [9.17, 15) is 9.59 Å². The molecule has 7 nitrogen and oxygen atoms in total. The van der Waals surface area contributed by atoms with E-state index in [4.69, 9.17) is 14.2 Å². The third kappa shape index (κ3) is 3.14. The van der Waals surface area contributed by atoms with Crippen molar-refractivity contribution < 1.29 is 23.8 Å². The van der Waals surface area contributed by atoms with Crippen LogP contribution in [0.5, 0.6) is 11.5 Å². The van der Waals surface area contributed by atoms with Crippen molar-refractivity contribution in [3.63, 3.8) is 0 Å². The van der Waals surface area contributed by atoms with Crippen LogP contribution in [0.4, 0.5) is 0 Å². The highest BCUT2D eigenvalue weighted by molar-refractivity contribution is 5.97. The molecule has 1 saturated heterocycles. The van der Waals surface area contributed by atoms with Crippen molar-refractivity contribution in [2.75, 3.05) is 33.0 Å². The zero-order valence-corrected chi connectivity index (χ0v) is 12.3. The summed E-state index contributed by atoms with van der Waals surface area (Å²) >= 11 is 0. The Balaban J connectivity index is 1.54. The number of benzene rings is 1. The van der Waals surface area contributed by atoms with Gasteiger partial charge in [-0.1, -0.05) is 0 Å². The molecule has 3 rings (SSSR count). The minimum Gasteiger partial charge on any atom is -0.454 e. The van der Waals surface area contributed by atoms with Crippen LogP contribution in [0.1, 0.15) is 17.3 Å². The van der Waals surface area contributed by atoms with Crippen LogP contribution in [-0.2, 0) is 9.53 Å². The van der Waals surface area contributed by atoms with Crippen LogP contribution < -0.4 is 14.8 Å². The van der Waals surface area contributed by atoms with Gasteiger partial charge in [-0.25, -0.2) is 0 Å². The molecule has 1 aromatic rings. The van der Waals surface area contributed by atoms with Gasteiger partial charge in [0.15, 0.2) is 11.5 Å². The molecule has 2 aliphatic rings. The minimum atomic E-state index is -0.312. The molecule has 0 radical (unpaired) electrons. The summed E-state index contributed by atoms with van der Waals surface area (Å²) in [5.41, 5.74) is 0.437. The normalized spacial score (nSPS) is 19.9. The second kappa shape index (κ2) is 6.23. The smallest absolute Gasteiger partial charge is 0.251 e. The molecule has 1 aromatic carbocycles. The Morgan fingerprint density at radius 1 is 1.32 bits per heavy atom. The van der Waals surface area contributed by atoms with Gasteiger partial charge in [0.2, 0.25) is 12.7 Å². The lowest BCUT2D eigenvalue weighted by atomic mass is 10.2. The first kappa shape index (κ1) is 14.6. The van der Waals surface area contributed by atoms with E-state index in [2.05, 4.69) is 5.32 Å². The second-order valence-electron chi connectivity index (χ2n) is 5.27. The summed E-state index contributed by atoms with van der Waals surface area (Å²) in [6.07, 6.45) is 0.0299. The van der Waals surface area contributed by atoms with E-state index in [-0.39, 0.29) is 31.3 Å². The first-order valence-corrected chi connectivity index (χ1v) is 7.21. The summed E-state index contributed by atoms with van der Waals surface area (Å²) < 4.78 is 15.8. The van der Waals surface area contributed by atoms with Crippen LogP contribution in [0.2, 0.25) is 0 Å². The maximum absolute atomic E-state index is 12.1. The first-order chi connectivity index (χ1) is 10.6. The van der Waals surface area contributed by atoms with Gasteiger partial charge in [-0.05, 0) is 25.1 Å². The Labute approximate surface area is 128 Å².